The second-order valence-corrected chi connectivity index (χ2v) is 5.36. The molecule has 0 bridgehead atoms. The minimum atomic E-state index is -0.308. The number of pyridine rings is 1. The maximum absolute atomic E-state index is 12.8. The molecule has 1 aliphatic carbocycles. The van der Waals surface area contributed by atoms with Crippen molar-refractivity contribution in [2.45, 2.75) is 51.1 Å². The summed E-state index contributed by atoms with van der Waals surface area (Å²) in [6.07, 6.45) is 7.46. The van der Waals surface area contributed by atoms with Gasteiger partial charge in [0.1, 0.15) is 5.82 Å². The number of aromatic nitrogens is 1. The molecule has 0 spiro atoms. The van der Waals surface area contributed by atoms with Gasteiger partial charge >= 0.3 is 0 Å². The second-order valence-electron chi connectivity index (χ2n) is 5.36. The first-order valence-corrected chi connectivity index (χ1v) is 7.31. The van der Waals surface area contributed by atoms with Crippen LogP contribution in [0.3, 0.4) is 0 Å². The van der Waals surface area contributed by atoms with E-state index in [-0.39, 0.29) is 11.9 Å². The van der Waals surface area contributed by atoms with Crippen molar-refractivity contribution in [2.24, 2.45) is 5.73 Å². The summed E-state index contributed by atoms with van der Waals surface area (Å²) in [5, 5.41) is 0. The maximum Gasteiger partial charge on any atom is 0.141 e. The van der Waals surface area contributed by atoms with Crippen LogP contribution in [0.4, 0.5) is 4.39 Å². The molecule has 0 saturated heterocycles. The van der Waals surface area contributed by atoms with Gasteiger partial charge in [-0.3, -0.25) is 4.98 Å². The summed E-state index contributed by atoms with van der Waals surface area (Å²) in [5.74, 6) is -0.308. The predicted molar refractivity (Wildman–Crippen MR) is 75.2 cm³/mol. The first-order valence-electron chi connectivity index (χ1n) is 7.31. The van der Waals surface area contributed by atoms with Gasteiger partial charge in [0, 0.05) is 18.6 Å². The van der Waals surface area contributed by atoms with Crippen molar-refractivity contribution in [2.75, 3.05) is 13.1 Å². The molecule has 106 valence electrons. The van der Waals surface area contributed by atoms with E-state index < -0.39 is 0 Å². The zero-order valence-corrected chi connectivity index (χ0v) is 11.7. The Hall–Kier alpha value is -1.00. The van der Waals surface area contributed by atoms with E-state index in [1.165, 1.54) is 37.9 Å². The number of nitrogens with two attached hydrogens (primary N) is 1. The summed E-state index contributed by atoms with van der Waals surface area (Å²) < 4.78 is 12.8. The van der Waals surface area contributed by atoms with E-state index in [4.69, 9.17) is 5.73 Å². The number of halogens is 1. The highest BCUT2D eigenvalue weighted by atomic mass is 19.1. The van der Waals surface area contributed by atoms with Crippen molar-refractivity contribution in [1.82, 2.24) is 9.88 Å². The number of hydrogen-bond donors (Lipinski definition) is 1. The minimum Gasteiger partial charge on any atom is -0.323 e. The van der Waals surface area contributed by atoms with Crippen LogP contribution < -0.4 is 5.73 Å². The average Bonchev–Trinajstić information content (AvgIpc) is 2.94. The smallest absolute Gasteiger partial charge is 0.141 e. The Labute approximate surface area is 115 Å². The Morgan fingerprint density at radius 3 is 2.74 bits per heavy atom. The quantitative estimate of drug-likeness (QED) is 0.860. The summed E-state index contributed by atoms with van der Waals surface area (Å²) in [6.45, 7) is 4.29. The third-order valence-electron chi connectivity index (χ3n) is 4.10. The Morgan fingerprint density at radius 2 is 2.16 bits per heavy atom. The Morgan fingerprint density at radius 1 is 1.42 bits per heavy atom. The molecule has 1 unspecified atom stereocenters. The molecule has 0 amide bonds. The zero-order chi connectivity index (χ0) is 13.7. The molecule has 1 aromatic rings. The van der Waals surface area contributed by atoms with Gasteiger partial charge in [-0.25, -0.2) is 4.39 Å². The lowest BCUT2D eigenvalue weighted by molar-refractivity contribution is 0.201. The van der Waals surface area contributed by atoms with Crippen LogP contribution in [0.5, 0.6) is 0 Å². The monoisotopic (exact) mass is 265 g/mol. The molecule has 2 rings (SSSR count). The molecule has 1 atom stereocenters. The van der Waals surface area contributed by atoms with Crippen molar-refractivity contribution in [3.8, 4) is 0 Å². The normalized spacial score (nSPS) is 18.1. The molecule has 0 radical (unpaired) electrons. The Kier molecular flexibility index (Phi) is 5.28. The highest BCUT2D eigenvalue weighted by Crippen LogP contribution is 2.24. The van der Waals surface area contributed by atoms with Crippen molar-refractivity contribution >= 4 is 0 Å². The van der Waals surface area contributed by atoms with Crippen molar-refractivity contribution in [3.63, 3.8) is 0 Å². The first-order chi connectivity index (χ1) is 9.20. The largest absolute Gasteiger partial charge is 0.323 e. The molecule has 3 nitrogen and oxygen atoms in total. The third-order valence-corrected chi connectivity index (χ3v) is 4.10. The lowest BCUT2D eigenvalue weighted by Crippen LogP contribution is -2.35. The topological polar surface area (TPSA) is 42.1 Å². The van der Waals surface area contributed by atoms with Crippen LogP contribution >= 0.6 is 0 Å². The van der Waals surface area contributed by atoms with Crippen molar-refractivity contribution < 1.29 is 4.39 Å². The fourth-order valence-electron chi connectivity index (χ4n) is 2.93. The highest BCUT2D eigenvalue weighted by molar-refractivity contribution is 5.09. The summed E-state index contributed by atoms with van der Waals surface area (Å²) >= 11 is 0. The summed E-state index contributed by atoms with van der Waals surface area (Å²) in [4.78, 5) is 6.59. The molecular formula is C15H24FN3. The van der Waals surface area contributed by atoms with Crippen molar-refractivity contribution in [3.05, 3.63) is 29.8 Å². The molecule has 1 aliphatic rings. The molecule has 0 aromatic carbocycles. The SMILES string of the molecule is CCN(CCC(N)c1ccc(F)cn1)C1CCCC1. The van der Waals surface area contributed by atoms with Gasteiger partial charge in [-0.2, -0.15) is 0 Å². The summed E-state index contributed by atoms with van der Waals surface area (Å²) in [5.41, 5.74) is 6.92. The number of nitrogens with zero attached hydrogens (tertiary/aromatic N) is 2. The van der Waals surface area contributed by atoms with Gasteiger partial charge in [-0.05, 0) is 37.9 Å². The van der Waals surface area contributed by atoms with Gasteiger partial charge in [-0.15, -0.1) is 0 Å². The molecule has 4 heteroatoms. The Bertz CT molecular complexity index is 373. The fraction of sp³-hybridized carbons (Fsp3) is 0.667. The van der Waals surface area contributed by atoms with Crippen LogP contribution in [0.25, 0.3) is 0 Å². The number of rotatable bonds is 6. The minimum absolute atomic E-state index is 0.101. The summed E-state index contributed by atoms with van der Waals surface area (Å²) in [7, 11) is 0. The van der Waals surface area contributed by atoms with E-state index in [0.29, 0.717) is 0 Å². The molecule has 19 heavy (non-hydrogen) atoms. The van der Waals surface area contributed by atoms with Gasteiger partial charge in [-0.1, -0.05) is 19.8 Å². The molecule has 0 aliphatic heterocycles. The number of hydrogen-bond acceptors (Lipinski definition) is 3. The van der Waals surface area contributed by atoms with E-state index in [1.54, 1.807) is 6.07 Å². The van der Waals surface area contributed by atoms with Gasteiger partial charge < -0.3 is 10.6 Å². The molecular weight excluding hydrogens is 241 g/mol. The highest BCUT2D eigenvalue weighted by Gasteiger charge is 2.21. The second kappa shape index (κ2) is 6.96. The van der Waals surface area contributed by atoms with Crippen LogP contribution in [0.15, 0.2) is 18.3 Å². The van der Waals surface area contributed by atoms with E-state index in [0.717, 1.165) is 31.2 Å². The van der Waals surface area contributed by atoms with E-state index >= 15 is 0 Å². The first kappa shape index (κ1) is 14.4. The van der Waals surface area contributed by atoms with Crippen molar-refractivity contribution in [1.29, 1.82) is 0 Å². The molecule has 1 saturated carbocycles. The molecule has 2 N–H and O–H groups in total. The standard InChI is InChI=1S/C15H24FN3/c1-2-19(13-5-3-4-6-13)10-9-14(17)15-8-7-12(16)11-18-15/h7-8,11,13-14H,2-6,9-10,17H2,1H3. The van der Waals surface area contributed by atoms with Gasteiger partial charge in [0.05, 0.1) is 11.9 Å². The predicted octanol–water partition coefficient (Wildman–Crippen LogP) is 2.88. The lowest BCUT2D eigenvalue weighted by Gasteiger charge is -2.28. The maximum atomic E-state index is 12.8. The zero-order valence-electron chi connectivity index (χ0n) is 11.7. The van der Waals surface area contributed by atoms with Gasteiger partial charge in [0.25, 0.3) is 0 Å². The van der Waals surface area contributed by atoms with Crippen LogP contribution in [0.1, 0.15) is 50.8 Å². The van der Waals surface area contributed by atoms with E-state index in [1.807, 2.05) is 0 Å². The van der Waals surface area contributed by atoms with Crippen LogP contribution in [0.2, 0.25) is 0 Å². The lowest BCUT2D eigenvalue weighted by atomic mass is 10.1. The van der Waals surface area contributed by atoms with Crippen LogP contribution in [-0.2, 0) is 0 Å². The van der Waals surface area contributed by atoms with Crippen LogP contribution in [-0.4, -0.2) is 29.0 Å². The molecule has 1 heterocycles. The summed E-state index contributed by atoms with van der Waals surface area (Å²) in [6, 6.07) is 3.75. The average molecular weight is 265 g/mol. The molecule has 1 fully saturated rings. The fourth-order valence-corrected chi connectivity index (χ4v) is 2.93. The van der Waals surface area contributed by atoms with Crippen LogP contribution in [0, 0.1) is 5.82 Å². The van der Waals surface area contributed by atoms with Gasteiger partial charge in [0.2, 0.25) is 0 Å². The molecule has 1 aromatic heterocycles. The van der Waals surface area contributed by atoms with E-state index in [2.05, 4.69) is 16.8 Å². The Balaban J connectivity index is 1.84. The third kappa shape index (κ3) is 3.98. The van der Waals surface area contributed by atoms with E-state index in [9.17, 15) is 4.39 Å². The van der Waals surface area contributed by atoms with Gasteiger partial charge in [0.15, 0.2) is 0 Å².